The summed E-state index contributed by atoms with van der Waals surface area (Å²) >= 11 is 11.8. The Hall–Kier alpha value is -2.64. The van der Waals surface area contributed by atoms with Crippen LogP contribution in [0.25, 0.3) is 11.3 Å². The summed E-state index contributed by atoms with van der Waals surface area (Å²) in [5, 5.41) is 3.73. The zero-order chi connectivity index (χ0) is 21.5. The van der Waals surface area contributed by atoms with E-state index < -0.39 is 11.6 Å². The number of nitrogens with zero attached hydrogens (tertiary/aromatic N) is 1. The number of carbonyl (C=O) groups is 1. The van der Waals surface area contributed by atoms with E-state index in [4.69, 9.17) is 32.4 Å². The van der Waals surface area contributed by atoms with Crippen LogP contribution in [0.1, 0.15) is 18.7 Å². The van der Waals surface area contributed by atoms with Crippen molar-refractivity contribution in [3.63, 3.8) is 0 Å². The van der Waals surface area contributed by atoms with Crippen LogP contribution in [-0.2, 0) is 11.2 Å². The van der Waals surface area contributed by atoms with Gasteiger partial charge in [0.25, 0.3) is 0 Å². The number of ether oxygens (including phenoxy) is 1. The third-order valence-corrected chi connectivity index (χ3v) is 4.64. The number of nitrogens with one attached hydrogen (secondary N) is 1. The molecule has 9 heteroatoms. The molecule has 2 aromatic carbocycles. The van der Waals surface area contributed by atoms with Gasteiger partial charge in [0.15, 0.2) is 11.7 Å². The minimum atomic E-state index is -0.738. The average Bonchev–Trinajstić information content (AvgIpc) is 3.16. The molecule has 0 saturated carbocycles. The Morgan fingerprint density at radius 1 is 1.17 bits per heavy atom. The molecule has 1 aromatic heterocycles. The minimum Gasteiger partial charge on any atom is -0.492 e. The van der Waals surface area contributed by atoms with Gasteiger partial charge in [-0.25, -0.2) is 13.8 Å². The van der Waals surface area contributed by atoms with E-state index in [2.05, 4.69) is 10.3 Å². The number of aryl methyl sites for hydroxylation is 1. The van der Waals surface area contributed by atoms with E-state index >= 15 is 0 Å². The molecule has 0 aliphatic heterocycles. The highest BCUT2D eigenvalue weighted by atomic mass is 35.5. The van der Waals surface area contributed by atoms with Crippen molar-refractivity contribution in [1.29, 1.82) is 0 Å². The summed E-state index contributed by atoms with van der Waals surface area (Å²) in [6.07, 6.45) is 2.36. The van der Waals surface area contributed by atoms with Gasteiger partial charge in [-0.1, -0.05) is 23.2 Å². The van der Waals surface area contributed by atoms with Crippen LogP contribution in [0.3, 0.4) is 0 Å². The smallest absolute Gasteiger partial charge is 0.220 e. The third-order valence-electron chi connectivity index (χ3n) is 4.11. The van der Waals surface area contributed by atoms with Gasteiger partial charge in [-0.15, -0.1) is 0 Å². The summed E-state index contributed by atoms with van der Waals surface area (Å²) < 4.78 is 37.8. The summed E-state index contributed by atoms with van der Waals surface area (Å²) in [5.74, 6) is -0.575. The monoisotopic (exact) mass is 454 g/mol. The maximum Gasteiger partial charge on any atom is 0.220 e. The highest BCUT2D eigenvalue weighted by molar-refractivity contribution is 6.35. The maximum atomic E-state index is 13.8. The number of hydrogen-bond acceptors (Lipinski definition) is 4. The molecular weight excluding hydrogens is 437 g/mol. The van der Waals surface area contributed by atoms with Gasteiger partial charge in [-0.2, -0.15) is 0 Å². The molecule has 0 radical (unpaired) electrons. The predicted molar refractivity (Wildman–Crippen MR) is 110 cm³/mol. The quantitative estimate of drug-likeness (QED) is 0.437. The summed E-state index contributed by atoms with van der Waals surface area (Å²) in [7, 11) is 0. The Labute approximate surface area is 182 Å². The van der Waals surface area contributed by atoms with Gasteiger partial charge in [0.1, 0.15) is 17.4 Å². The van der Waals surface area contributed by atoms with Crippen LogP contribution in [-0.4, -0.2) is 24.0 Å². The zero-order valence-corrected chi connectivity index (χ0v) is 17.3. The molecule has 3 aromatic rings. The van der Waals surface area contributed by atoms with Gasteiger partial charge in [0.05, 0.1) is 23.4 Å². The first-order chi connectivity index (χ1) is 14.4. The zero-order valence-electron chi connectivity index (χ0n) is 15.8. The molecular formula is C21H18Cl2F2N2O3. The third kappa shape index (κ3) is 6.18. The lowest BCUT2D eigenvalue weighted by molar-refractivity contribution is -0.121. The molecule has 0 fully saturated rings. The lowest BCUT2D eigenvalue weighted by Gasteiger charge is -2.09. The van der Waals surface area contributed by atoms with Crippen molar-refractivity contribution in [3.05, 3.63) is 70.2 Å². The van der Waals surface area contributed by atoms with E-state index in [1.54, 1.807) is 18.2 Å². The predicted octanol–water partition coefficient (Wildman–Crippen LogP) is 5.44. The first kappa shape index (κ1) is 22.1. The molecule has 0 aliphatic rings. The van der Waals surface area contributed by atoms with E-state index in [1.807, 2.05) is 0 Å². The van der Waals surface area contributed by atoms with Gasteiger partial charge in [0, 0.05) is 30.5 Å². The largest absolute Gasteiger partial charge is 0.492 e. The Balaban J connectivity index is 1.37. The van der Waals surface area contributed by atoms with Crippen LogP contribution in [0.2, 0.25) is 10.0 Å². The number of aromatic nitrogens is 1. The summed E-state index contributed by atoms with van der Waals surface area (Å²) in [5.41, 5.74) is 0.111. The Morgan fingerprint density at radius 3 is 2.77 bits per heavy atom. The molecule has 3 rings (SSSR count). The number of hydrogen-bond donors (Lipinski definition) is 1. The molecule has 1 N–H and O–H groups in total. The van der Waals surface area contributed by atoms with Crippen molar-refractivity contribution in [2.45, 2.75) is 19.3 Å². The van der Waals surface area contributed by atoms with Crippen molar-refractivity contribution < 1.29 is 22.7 Å². The Kier molecular flexibility index (Phi) is 7.65. The van der Waals surface area contributed by atoms with Crippen molar-refractivity contribution in [2.75, 3.05) is 13.2 Å². The second kappa shape index (κ2) is 10.4. The fourth-order valence-electron chi connectivity index (χ4n) is 2.62. The maximum absolute atomic E-state index is 13.8. The van der Waals surface area contributed by atoms with Crippen LogP contribution < -0.4 is 10.1 Å². The number of benzene rings is 2. The van der Waals surface area contributed by atoms with Crippen LogP contribution in [0.4, 0.5) is 8.78 Å². The van der Waals surface area contributed by atoms with Crippen LogP contribution in [0.15, 0.2) is 47.0 Å². The van der Waals surface area contributed by atoms with E-state index in [0.29, 0.717) is 41.3 Å². The first-order valence-corrected chi connectivity index (χ1v) is 9.92. The van der Waals surface area contributed by atoms with E-state index in [9.17, 15) is 13.6 Å². The van der Waals surface area contributed by atoms with Gasteiger partial charge in [-0.3, -0.25) is 4.79 Å². The van der Waals surface area contributed by atoms with E-state index in [0.717, 1.165) is 12.1 Å². The topological polar surface area (TPSA) is 64.4 Å². The van der Waals surface area contributed by atoms with Crippen molar-refractivity contribution >= 4 is 29.1 Å². The molecule has 0 unspecified atom stereocenters. The molecule has 0 bridgehead atoms. The van der Waals surface area contributed by atoms with E-state index in [-0.39, 0.29) is 30.1 Å². The number of amides is 1. The van der Waals surface area contributed by atoms with Crippen molar-refractivity contribution in [3.8, 4) is 17.1 Å². The number of halogens is 4. The number of carbonyl (C=O) groups excluding carboxylic acids is 1. The summed E-state index contributed by atoms with van der Waals surface area (Å²) in [6.45, 7) is 0.815. The molecule has 0 spiro atoms. The van der Waals surface area contributed by atoms with Crippen molar-refractivity contribution in [2.24, 2.45) is 0 Å². The highest BCUT2D eigenvalue weighted by Crippen LogP contribution is 2.27. The van der Waals surface area contributed by atoms with Crippen LogP contribution in [0.5, 0.6) is 5.75 Å². The van der Waals surface area contributed by atoms with Gasteiger partial charge in [-0.05, 0) is 36.8 Å². The lowest BCUT2D eigenvalue weighted by atomic mass is 10.2. The molecule has 30 heavy (non-hydrogen) atoms. The Morgan fingerprint density at radius 2 is 2.00 bits per heavy atom. The van der Waals surface area contributed by atoms with Gasteiger partial charge < -0.3 is 14.5 Å². The van der Waals surface area contributed by atoms with Gasteiger partial charge >= 0.3 is 0 Å². The molecule has 158 valence electrons. The molecule has 0 aliphatic carbocycles. The standard InChI is InChI=1S/C21H18Cl2F2N2O3/c22-13-2-5-18(16(23)10-13)29-9-1-8-26-20(28)6-7-21-27-12-19(30-21)15-4-3-14(24)11-17(15)25/h2-5,10-12H,1,6-9H2,(H,26,28). The second-order valence-electron chi connectivity index (χ2n) is 6.37. The number of rotatable bonds is 9. The van der Waals surface area contributed by atoms with Crippen molar-refractivity contribution in [1.82, 2.24) is 10.3 Å². The van der Waals surface area contributed by atoms with Crippen LogP contribution in [0, 0.1) is 11.6 Å². The first-order valence-electron chi connectivity index (χ1n) is 9.17. The molecule has 5 nitrogen and oxygen atoms in total. The summed E-state index contributed by atoms with van der Waals surface area (Å²) in [6, 6.07) is 8.16. The number of oxazole rings is 1. The van der Waals surface area contributed by atoms with Gasteiger partial charge in [0.2, 0.25) is 5.91 Å². The molecule has 0 atom stereocenters. The normalized spacial score (nSPS) is 10.8. The lowest BCUT2D eigenvalue weighted by Crippen LogP contribution is -2.25. The molecule has 0 saturated heterocycles. The Bertz CT molecular complexity index is 1030. The van der Waals surface area contributed by atoms with Crippen LogP contribution >= 0.6 is 23.2 Å². The highest BCUT2D eigenvalue weighted by Gasteiger charge is 2.13. The SMILES string of the molecule is O=C(CCc1ncc(-c2ccc(F)cc2F)o1)NCCCOc1ccc(Cl)cc1Cl. The summed E-state index contributed by atoms with van der Waals surface area (Å²) in [4.78, 5) is 16.0. The van der Waals surface area contributed by atoms with E-state index in [1.165, 1.54) is 12.3 Å². The fourth-order valence-corrected chi connectivity index (χ4v) is 3.09. The minimum absolute atomic E-state index is 0.111. The average molecular weight is 455 g/mol. The molecule has 1 heterocycles. The molecule has 1 amide bonds. The second-order valence-corrected chi connectivity index (χ2v) is 7.21. The fraction of sp³-hybridized carbons (Fsp3) is 0.238.